The molecule has 9 heavy (non-hydrogen) atoms. The van der Waals surface area contributed by atoms with Crippen LogP contribution in [0.1, 0.15) is 12.7 Å². The minimum atomic E-state index is 0.706. The van der Waals surface area contributed by atoms with Crippen LogP contribution in [0.25, 0.3) is 0 Å². The molecule has 0 fully saturated rings. The molecule has 0 bridgehead atoms. The topological polar surface area (TPSA) is 17.8 Å². The van der Waals surface area contributed by atoms with E-state index in [0.29, 0.717) is 5.82 Å². The maximum atomic E-state index is 5.14. The van der Waals surface area contributed by atoms with Crippen LogP contribution in [0.15, 0.2) is 12.4 Å². The minimum absolute atomic E-state index is 0.706. The van der Waals surface area contributed by atoms with Crippen molar-refractivity contribution in [1.29, 1.82) is 0 Å². The summed E-state index contributed by atoms with van der Waals surface area (Å²) in [4.78, 5) is 3.93. The summed E-state index contributed by atoms with van der Waals surface area (Å²) in [6.45, 7) is 2.92. The van der Waals surface area contributed by atoms with Crippen molar-refractivity contribution in [3.05, 3.63) is 18.2 Å². The number of rotatable bonds is 1. The second-order valence-corrected chi connectivity index (χ2v) is 1.68. The van der Waals surface area contributed by atoms with Crippen LogP contribution in [0.4, 0.5) is 0 Å². The summed E-state index contributed by atoms with van der Waals surface area (Å²) in [5.74, 6) is 3.18. The Morgan fingerprint density at radius 3 is 3.11 bits per heavy atom. The molecule has 0 N–H and O–H groups in total. The summed E-state index contributed by atoms with van der Waals surface area (Å²) < 4.78 is 1.92. The standard InChI is InChI=1S/C7H8N2/c1-3-7-8-5-6-9(7)4-2/h1,5-6H,4H2,2H3. The van der Waals surface area contributed by atoms with Gasteiger partial charge in [0.25, 0.3) is 0 Å². The van der Waals surface area contributed by atoms with Gasteiger partial charge in [0.15, 0.2) is 5.82 Å². The molecule has 0 spiro atoms. The van der Waals surface area contributed by atoms with Crippen molar-refractivity contribution in [2.45, 2.75) is 13.5 Å². The highest BCUT2D eigenvalue weighted by Crippen LogP contribution is 1.92. The van der Waals surface area contributed by atoms with Gasteiger partial charge in [-0.25, -0.2) is 4.98 Å². The average molecular weight is 120 g/mol. The molecule has 1 rings (SSSR count). The van der Waals surface area contributed by atoms with Crippen LogP contribution in [0, 0.1) is 12.3 Å². The number of hydrogen-bond donors (Lipinski definition) is 0. The van der Waals surface area contributed by atoms with Crippen molar-refractivity contribution in [2.75, 3.05) is 0 Å². The molecule has 0 saturated heterocycles. The number of imidazole rings is 1. The Morgan fingerprint density at radius 2 is 2.67 bits per heavy atom. The molecule has 2 nitrogen and oxygen atoms in total. The molecule has 0 saturated carbocycles. The van der Waals surface area contributed by atoms with Crippen LogP contribution in [-0.4, -0.2) is 9.55 Å². The summed E-state index contributed by atoms with van der Waals surface area (Å²) in [6.07, 6.45) is 8.71. The molecular formula is C7H8N2. The van der Waals surface area contributed by atoms with Crippen LogP contribution in [0.5, 0.6) is 0 Å². The SMILES string of the molecule is C#Cc1nccn1CC. The van der Waals surface area contributed by atoms with Crippen LogP contribution in [0.3, 0.4) is 0 Å². The zero-order valence-electron chi connectivity index (χ0n) is 5.33. The van der Waals surface area contributed by atoms with Gasteiger partial charge >= 0.3 is 0 Å². The lowest BCUT2D eigenvalue weighted by Crippen LogP contribution is -1.95. The highest BCUT2D eigenvalue weighted by atomic mass is 15.0. The Kier molecular flexibility index (Phi) is 1.55. The predicted octanol–water partition coefficient (Wildman–Crippen LogP) is 0.884. The number of terminal acetylenes is 1. The highest BCUT2D eigenvalue weighted by molar-refractivity contribution is 5.16. The molecule has 0 atom stereocenters. The van der Waals surface area contributed by atoms with Crippen LogP contribution in [-0.2, 0) is 6.54 Å². The van der Waals surface area contributed by atoms with Gasteiger partial charge in [0.05, 0.1) is 0 Å². The quantitative estimate of drug-likeness (QED) is 0.503. The summed E-state index contributed by atoms with van der Waals surface area (Å²) in [6, 6.07) is 0. The van der Waals surface area contributed by atoms with Gasteiger partial charge in [-0.2, -0.15) is 0 Å². The summed E-state index contributed by atoms with van der Waals surface area (Å²) in [5.41, 5.74) is 0. The molecule has 1 aromatic rings. The van der Waals surface area contributed by atoms with Crippen molar-refractivity contribution < 1.29 is 0 Å². The fourth-order valence-electron chi connectivity index (χ4n) is 0.705. The predicted molar refractivity (Wildman–Crippen MR) is 35.8 cm³/mol. The number of hydrogen-bond acceptors (Lipinski definition) is 1. The third-order valence-electron chi connectivity index (χ3n) is 1.19. The molecule has 0 aromatic carbocycles. The van der Waals surface area contributed by atoms with E-state index in [1.54, 1.807) is 6.20 Å². The zero-order chi connectivity index (χ0) is 6.69. The smallest absolute Gasteiger partial charge is 0.185 e. The summed E-state index contributed by atoms with van der Waals surface area (Å²) >= 11 is 0. The van der Waals surface area contributed by atoms with E-state index in [4.69, 9.17) is 6.42 Å². The van der Waals surface area contributed by atoms with Crippen LogP contribution in [0.2, 0.25) is 0 Å². The van der Waals surface area contributed by atoms with Crippen LogP contribution >= 0.6 is 0 Å². The van der Waals surface area contributed by atoms with E-state index in [-0.39, 0.29) is 0 Å². The van der Waals surface area contributed by atoms with Crippen molar-refractivity contribution in [2.24, 2.45) is 0 Å². The van der Waals surface area contributed by atoms with Gasteiger partial charge in [-0.15, -0.1) is 6.42 Å². The summed E-state index contributed by atoms with van der Waals surface area (Å²) in [5, 5.41) is 0. The molecule has 0 aliphatic heterocycles. The zero-order valence-corrected chi connectivity index (χ0v) is 5.33. The second kappa shape index (κ2) is 2.36. The first kappa shape index (κ1) is 5.90. The molecule has 0 radical (unpaired) electrons. The Bertz CT molecular complexity index is 229. The normalized spacial score (nSPS) is 8.89. The van der Waals surface area contributed by atoms with Gasteiger partial charge in [0, 0.05) is 18.9 Å². The Labute approximate surface area is 54.5 Å². The van der Waals surface area contributed by atoms with Gasteiger partial charge < -0.3 is 4.57 Å². The van der Waals surface area contributed by atoms with Gasteiger partial charge in [-0.3, -0.25) is 0 Å². The van der Waals surface area contributed by atoms with Crippen LogP contribution < -0.4 is 0 Å². The molecular weight excluding hydrogens is 112 g/mol. The molecule has 1 aromatic heterocycles. The maximum Gasteiger partial charge on any atom is 0.185 e. The van der Waals surface area contributed by atoms with Gasteiger partial charge in [0.1, 0.15) is 0 Å². The third kappa shape index (κ3) is 0.945. The van der Waals surface area contributed by atoms with E-state index in [2.05, 4.69) is 10.9 Å². The van der Waals surface area contributed by atoms with Gasteiger partial charge in [-0.1, -0.05) is 0 Å². The monoisotopic (exact) mass is 120 g/mol. The molecule has 0 aliphatic rings. The number of aromatic nitrogens is 2. The van der Waals surface area contributed by atoms with Gasteiger partial charge in [-0.05, 0) is 12.8 Å². The summed E-state index contributed by atoms with van der Waals surface area (Å²) in [7, 11) is 0. The van der Waals surface area contributed by atoms with E-state index in [9.17, 15) is 0 Å². The van der Waals surface area contributed by atoms with E-state index >= 15 is 0 Å². The lowest BCUT2D eigenvalue weighted by Gasteiger charge is -1.94. The van der Waals surface area contributed by atoms with Crippen molar-refractivity contribution in [1.82, 2.24) is 9.55 Å². The van der Waals surface area contributed by atoms with Gasteiger partial charge in [0.2, 0.25) is 0 Å². The first-order valence-electron chi connectivity index (χ1n) is 2.86. The molecule has 2 heteroatoms. The lowest BCUT2D eigenvalue weighted by atomic mass is 10.6. The molecule has 0 aliphatic carbocycles. The molecule has 1 heterocycles. The maximum absolute atomic E-state index is 5.14. The fourth-order valence-corrected chi connectivity index (χ4v) is 0.705. The van der Waals surface area contributed by atoms with Crippen molar-refractivity contribution in [3.8, 4) is 12.3 Å². The third-order valence-corrected chi connectivity index (χ3v) is 1.19. The Morgan fingerprint density at radius 1 is 1.89 bits per heavy atom. The van der Waals surface area contributed by atoms with E-state index in [0.717, 1.165) is 6.54 Å². The largest absolute Gasteiger partial charge is 0.325 e. The highest BCUT2D eigenvalue weighted by Gasteiger charge is 1.92. The van der Waals surface area contributed by atoms with E-state index in [1.807, 2.05) is 17.7 Å². The number of aryl methyl sites for hydroxylation is 1. The first-order valence-corrected chi connectivity index (χ1v) is 2.86. The molecule has 46 valence electrons. The average Bonchev–Trinajstić information content (AvgIpc) is 2.33. The van der Waals surface area contributed by atoms with Crippen molar-refractivity contribution >= 4 is 0 Å². The van der Waals surface area contributed by atoms with Crippen molar-refractivity contribution in [3.63, 3.8) is 0 Å². The Hall–Kier alpha value is -1.23. The Balaban J connectivity index is 3.02. The molecule has 0 amide bonds. The second-order valence-electron chi connectivity index (χ2n) is 1.68. The minimum Gasteiger partial charge on any atom is -0.325 e. The fraction of sp³-hybridized carbons (Fsp3) is 0.286. The number of nitrogens with zero attached hydrogens (tertiary/aromatic N) is 2. The van der Waals surface area contributed by atoms with E-state index < -0.39 is 0 Å². The lowest BCUT2D eigenvalue weighted by molar-refractivity contribution is 0.750. The molecule has 0 unspecified atom stereocenters. The van der Waals surface area contributed by atoms with E-state index in [1.165, 1.54) is 0 Å². The first-order chi connectivity index (χ1) is 4.38.